The molecule has 2 aromatic rings. The van der Waals surface area contributed by atoms with Gasteiger partial charge in [0.25, 0.3) is 0 Å². The van der Waals surface area contributed by atoms with E-state index in [0.29, 0.717) is 11.0 Å². The van der Waals surface area contributed by atoms with Gasteiger partial charge in [0.1, 0.15) is 0 Å². The van der Waals surface area contributed by atoms with Gasteiger partial charge >= 0.3 is 11.9 Å². The van der Waals surface area contributed by atoms with E-state index in [-0.39, 0.29) is 11.7 Å². The van der Waals surface area contributed by atoms with Crippen molar-refractivity contribution < 1.29 is 13.2 Å². The highest BCUT2D eigenvalue weighted by atomic mass is 19.4. The summed E-state index contributed by atoms with van der Waals surface area (Å²) >= 11 is 0. The zero-order chi connectivity index (χ0) is 14.9. The van der Waals surface area contributed by atoms with Crippen LogP contribution in [0.15, 0.2) is 23.0 Å². The van der Waals surface area contributed by atoms with Gasteiger partial charge in [-0.2, -0.15) is 13.2 Å². The monoisotopic (exact) mass is 287 g/mol. The first-order valence-corrected chi connectivity index (χ1v) is 6.29. The van der Waals surface area contributed by atoms with Crippen LogP contribution in [-0.4, -0.2) is 22.2 Å². The molecule has 1 aromatic heterocycles. The summed E-state index contributed by atoms with van der Waals surface area (Å²) < 4.78 is 36.9. The Morgan fingerprint density at radius 1 is 1.20 bits per heavy atom. The third kappa shape index (κ3) is 3.63. The molecule has 0 aliphatic rings. The smallest absolute Gasteiger partial charge is 0.307 e. The minimum Gasteiger partial charge on any atom is -0.307 e. The van der Waals surface area contributed by atoms with Crippen LogP contribution in [-0.2, 0) is 0 Å². The minimum absolute atomic E-state index is 0.241. The Labute approximate surface area is 113 Å². The van der Waals surface area contributed by atoms with Gasteiger partial charge in [-0.15, -0.1) is 0 Å². The number of hydrogen-bond donors (Lipinski definition) is 3. The lowest BCUT2D eigenvalue weighted by Gasteiger charge is -2.21. The van der Waals surface area contributed by atoms with Crippen molar-refractivity contribution in [2.75, 3.05) is 0 Å². The number of halogens is 3. The van der Waals surface area contributed by atoms with E-state index >= 15 is 0 Å². The Morgan fingerprint density at radius 3 is 2.50 bits per heavy atom. The Bertz CT molecular complexity index is 644. The molecule has 0 saturated carbocycles. The quantitative estimate of drug-likeness (QED) is 0.809. The van der Waals surface area contributed by atoms with Crippen molar-refractivity contribution in [3.63, 3.8) is 0 Å². The third-order valence-electron chi connectivity index (χ3n) is 3.11. The molecular formula is C13H16F3N3O. The van der Waals surface area contributed by atoms with Gasteiger partial charge in [0.15, 0.2) is 0 Å². The number of aromatic nitrogens is 2. The molecule has 1 aromatic carbocycles. The van der Waals surface area contributed by atoms with E-state index in [1.807, 2.05) is 0 Å². The number of nitrogens with one attached hydrogen (secondary N) is 3. The number of rotatable bonds is 4. The summed E-state index contributed by atoms with van der Waals surface area (Å²) in [5.41, 5.74) is 1.84. The molecule has 3 N–H and O–H groups in total. The molecule has 2 unspecified atom stereocenters. The summed E-state index contributed by atoms with van der Waals surface area (Å²) in [6.45, 7) is 3.29. The lowest BCUT2D eigenvalue weighted by atomic mass is 10.1. The number of alkyl halides is 3. The summed E-state index contributed by atoms with van der Waals surface area (Å²) in [5.74, 6) is 0. The second-order valence-electron chi connectivity index (χ2n) is 4.99. The van der Waals surface area contributed by atoms with Crippen LogP contribution in [0.3, 0.4) is 0 Å². The van der Waals surface area contributed by atoms with Crippen LogP contribution in [0.25, 0.3) is 11.0 Å². The average molecular weight is 287 g/mol. The topological polar surface area (TPSA) is 60.7 Å². The molecule has 0 amide bonds. The molecule has 1 heterocycles. The van der Waals surface area contributed by atoms with Crippen LogP contribution in [0.2, 0.25) is 0 Å². The Balaban J connectivity index is 2.10. The molecule has 110 valence electrons. The van der Waals surface area contributed by atoms with Gasteiger partial charge in [0.05, 0.1) is 17.5 Å². The molecule has 0 saturated heterocycles. The molecule has 0 bridgehead atoms. The molecule has 0 fully saturated rings. The lowest BCUT2D eigenvalue weighted by molar-refractivity contribution is -0.139. The predicted molar refractivity (Wildman–Crippen MR) is 70.6 cm³/mol. The molecule has 2 rings (SSSR count). The van der Waals surface area contributed by atoms with Crippen LogP contribution >= 0.6 is 0 Å². The van der Waals surface area contributed by atoms with Crippen LogP contribution < -0.4 is 11.0 Å². The first-order chi connectivity index (χ1) is 9.24. The van der Waals surface area contributed by atoms with Crippen LogP contribution in [0, 0.1) is 0 Å². The third-order valence-corrected chi connectivity index (χ3v) is 3.11. The average Bonchev–Trinajstić information content (AvgIpc) is 2.64. The van der Waals surface area contributed by atoms with Gasteiger partial charge in [-0.05, 0) is 31.5 Å². The van der Waals surface area contributed by atoms with Crippen molar-refractivity contribution in [2.24, 2.45) is 0 Å². The normalized spacial score (nSPS) is 15.4. The maximum atomic E-state index is 12.3. The minimum atomic E-state index is -4.18. The molecule has 7 heteroatoms. The van der Waals surface area contributed by atoms with Crippen LogP contribution in [0.4, 0.5) is 13.2 Å². The van der Waals surface area contributed by atoms with E-state index in [2.05, 4.69) is 15.3 Å². The summed E-state index contributed by atoms with van der Waals surface area (Å²) in [7, 11) is 0. The van der Waals surface area contributed by atoms with E-state index in [0.717, 1.165) is 5.56 Å². The van der Waals surface area contributed by atoms with Gasteiger partial charge in [-0.25, -0.2) is 4.79 Å². The van der Waals surface area contributed by atoms with Crippen molar-refractivity contribution in [3.8, 4) is 0 Å². The predicted octanol–water partition coefficient (Wildman–Crippen LogP) is 2.85. The fourth-order valence-electron chi connectivity index (χ4n) is 2.25. The van der Waals surface area contributed by atoms with Crippen molar-refractivity contribution in [1.82, 2.24) is 15.3 Å². The largest absolute Gasteiger partial charge is 0.390 e. The maximum Gasteiger partial charge on any atom is 0.390 e. The van der Waals surface area contributed by atoms with E-state index in [1.54, 1.807) is 25.1 Å². The molecule has 0 radical (unpaired) electrons. The Morgan fingerprint density at radius 2 is 1.85 bits per heavy atom. The highest BCUT2D eigenvalue weighted by molar-refractivity contribution is 5.75. The standard InChI is InChI=1S/C13H16F3N3O/c1-7(6-13(14,15)16)17-8(2)9-3-4-10-11(5-9)19-12(20)18-10/h3-5,7-8,17H,6H2,1-2H3,(H2,18,19,20). The lowest BCUT2D eigenvalue weighted by Crippen LogP contribution is -2.33. The van der Waals surface area contributed by atoms with Gasteiger partial charge in [0.2, 0.25) is 0 Å². The van der Waals surface area contributed by atoms with Gasteiger partial charge in [-0.1, -0.05) is 6.07 Å². The van der Waals surface area contributed by atoms with E-state index in [1.165, 1.54) is 6.92 Å². The van der Waals surface area contributed by atoms with Crippen LogP contribution in [0.5, 0.6) is 0 Å². The summed E-state index contributed by atoms with van der Waals surface area (Å²) in [6.07, 6.45) is -5.05. The number of imidazole rings is 1. The summed E-state index contributed by atoms with van der Waals surface area (Å²) in [4.78, 5) is 16.4. The van der Waals surface area contributed by atoms with Gasteiger partial charge < -0.3 is 15.3 Å². The zero-order valence-corrected chi connectivity index (χ0v) is 11.1. The van der Waals surface area contributed by atoms with Gasteiger partial charge in [-0.3, -0.25) is 0 Å². The van der Waals surface area contributed by atoms with Gasteiger partial charge in [0, 0.05) is 12.1 Å². The number of hydrogen-bond acceptors (Lipinski definition) is 2. The highest BCUT2D eigenvalue weighted by Crippen LogP contribution is 2.23. The van der Waals surface area contributed by atoms with Crippen molar-refractivity contribution >= 4 is 11.0 Å². The second kappa shape index (κ2) is 5.32. The molecular weight excluding hydrogens is 271 g/mol. The number of aromatic amines is 2. The SMILES string of the molecule is CC(CC(F)(F)F)NC(C)c1ccc2[nH]c(=O)[nH]c2c1. The zero-order valence-electron chi connectivity index (χ0n) is 11.1. The van der Waals surface area contributed by atoms with E-state index < -0.39 is 18.6 Å². The molecule has 0 spiro atoms. The molecule has 20 heavy (non-hydrogen) atoms. The number of fused-ring (bicyclic) bond motifs is 1. The maximum absolute atomic E-state index is 12.3. The highest BCUT2D eigenvalue weighted by Gasteiger charge is 2.30. The second-order valence-corrected chi connectivity index (χ2v) is 4.99. The van der Waals surface area contributed by atoms with Crippen molar-refractivity contribution in [1.29, 1.82) is 0 Å². The number of H-pyrrole nitrogens is 2. The first-order valence-electron chi connectivity index (χ1n) is 6.29. The van der Waals surface area contributed by atoms with E-state index in [4.69, 9.17) is 0 Å². The van der Waals surface area contributed by atoms with E-state index in [9.17, 15) is 18.0 Å². The molecule has 4 nitrogen and oxygen atoms in total. The van der Waals surface area contributed by atoms with Crippen molar-refractivity contribution in [2.45, 2.75) is 38.5 Å². The number of benzene rings is 1. The fourth-order valence-corrected chi connectivity index (χ4v) is 2.25. The Kier molecular flexibility index (Phi) is 3.89. The fraction of sp³-hybridized carbons (Fsp3) is 0.462. The first kappa shape index (κ1) is 14.6. The molecule has 2 atom stereocenters. The van der Waals surface area contributed by atoms with Crippen LogP contribution in [0.1, 0.15) is 31.9 Å². The summed E-state index contributed by atoms with van der Waals surface area (Å²) in [6, 6.07) is 4.35. The molecule has 0 aliphatic carbocycles. The van der Waals surface area contributed by atoms with Crippen molar-refractivity contribution in [3.05, 3.63) is 34.2 Å². The molecule has 0 aliphatic heterocycles. The Hall–Kier alpha value is -1.76. The summed E-state index contributed by atoms with van der Waals surface area (Å²) in [5, 5.41) is 2.90.